The fraction of sp³-hybridized carbons (Fsp3) is 0.214. The van der Waals surface area contributed by atoms with Gasteiger partial charge in [0, 0.05) is 11.9 Å². The van der Waals surface area contributed by atoms with E-state index >= 15 is 0 Å². The summed E-state index contributed by atoms with van der Waals surface area (Å²) in [6, 6.07) is 8.26. The highest BCUT2D eigenvalue weighted by atomic mass is 35.5. The Bertz CT molecular complexity index is 611. The lowest BCUT2D eigenvalue weighted by Crippen LogP contribution is -2.26. The van der Waals surface area contributed by atoms with Gasteiger partial charge < -0.3 is 4.90 Å². The van der Waals surface area contributed by atoms with Crippen molar-refractivity contribution >= 4 is 28.8 Å². The van der Waals surface area contributed by atoms with Crippen molar-refractivity contribution in [2.45, 2.75) is 13.5 Å². The number of carbonyl (C=O) groups excluding carboxylic acids is 1. The van der Waals surface area contributed by atoms with Crippen LogP contribution in [-0.4, -0.2) is 17.9 Å². The number of benzene rings is 1. The maximum absolute atomic E-state index is 13.7. The summed E-state index contributed by atoms with van der Waals surface area (Å²) in [6.45, 7) is 2.21. The van der Waals surface area contributed by atoms with Crippen molar-refractivity contribution in [3.63, 3.8) is 0 Å². The average Bonchev–Trinajstić information content (AvgIpc) is 2.74. The van der Waals surface area contributed by atoms with Crippen molar-refractivity contribution in [1.29, 1.82) is 0 Å². The summed E-state index contributed by atoms with van der Waals surface area (Å²) in [5.41, 5.74) is 0.887. The quantitative estimate of drug-likeness (QED) is 0.834. The molecule has 0 aliphatic carbocycles. The summed E-state index contributed by atoms with van der Waals surface area (Å²) in [5, 5.41) is 0. The zero-order chi connectivity index (χ0) is 14.0. The van der Waals surface area contributed by atoms with E-state index in [1.54, 1.807) is 26.1 Å². The largest absolute Gasteiger partial charge is 0.336 e. The molecule has 2 nitrogen and oxygen atoms in total. The Hall–Kier alpha value is -1.39. The standard InChI is InChI=1S/C14H13ClFNOS/c1-9-3-5-11(12(16)7-9)14(18)17(2)8-10-4-6-13(15)19-10/h3-7H,8H2,1-2H3. The van der Waals surface area contributed by atoms with Crippen LogP contribution < -0.4 is 0 Å². The maximum Gasteiger partial charge on any atom is 0.256 e. The number of hydrogen-bond donors (Lipinski definition) is 0. The van der Waals surface area contributed by atoms with Gasteiger partial charge in [0.25, 0.3) is 5.91 Å². The molecule has 0 spiro atoms. The Labute approximate surface area is 120 Å². The molecule has 2 aromatic rings. The summed E-state index contributed by atoms with van der Waals surface area (Å²) >= 11 is 7.25. The number of nitrogens with zero attached hydrogens (tertiary/aromatic N) is 1. The summed E-state index contributed by atoms with van der Waals surface area (Å²) in [5.74, 6) is -0.817. The van der Waals surface area contributed by atoms with Crippen LogP contribution in [0.15, 0.2) is 30.3 Å². The molecule has 0 saturated carbocycles. The molecule has 0 bridgehead atoms. The first-order valence-corrected chi connectivity index (χ1v) is 6.92. The fourth-order valence-electron chi connectivity index (χ4n) is 1.74. The molecule has 19 heavy (non-hydrogen) atoms. The van der Waals surface area contributed by atoms with Gasteiger partial charge in [0.2, 0.25) is 0 Å². The van der Waals surface area contributed by atoms with Crippen LogP contribution >= 0.6 is 22.9 Å². The van der Waals surface area contributed by atoms with Crippen molar-refractivity contribution in [3.05, 3.63) is 56.5 Å². The van der Waals surface area contributed by atoms with Gasteiger partial charge in [-0.15, -0.1) is 11.3 Å². The predicted molar refractivity (Wildman–Crippen MR) is 76.3 cm³/mol. The van der Waals surface area contributed by atoms with E-state index in [9.17, 15) is 9.18 Å². The van der Waals surface area contributed by atoms with Crippen molar-refractivity contribution in [3.8, 4) is 0 Å². The first kappa shape index (κ1) is 14.0. The molecule has 5 heteroatoms. The molecular formula is C14H13ClFNOS. The summed E-state index contributed by atoms with van der Waals surface area (Å²) in [7, 11) is 1.65. The van der Waals surface area contributed by atoms with Crippen molar-refractivity contribution in [1.82, 2.24) is 4.90 Å². The minimum Gasteiger partial charge on any atom is -0.336 e. The molecule has 1 amide bonds. The average molecular weight is 298 g/mol. The Morgan fingerprint density at radius 1 is 1.37 bits per heavy atom. The molecular weight excluding hydrogens is 285 g/mol. The molecule has 100 valence electrons. The van der Waals surface area contributed by atoms with E-state index in [1.165, 1.54) is 28.4 Å². The van der Waals surface area contributed by atoms with Crippen LogP contribution in [0.4, 0.5) is 4.39 Å². The molecule has 0 atom stereocenters. The maximum atomic E-state index is 13.7. The van der Waals surface area contributed by atoms with Gasteiger partial charge in [-0.3, -0.25) is 4.79 Å². The SMILES string of the molecule is Cc1ccc(C(=O)N(C)Cc2ccc(Cl)s2)c(F)c1. The topological polar surface area (TPSA) is 20.3 Å². The van der Waals surface area contributed by atoms with Gasteiger partial charge in [0.1, 0.15) is 5.82 Å². The smallest absolute Gasteiger partial charge is 0.256 e. The lowest BCUT2D eigenvalue weighted by atomic mass is 10.1. The van der Waals surface area contributed by atoms with Gasteiger partial charge in [-0.05, 0) is 36.8 Å². The third-order valence-corrected chi connectivity index (χ3v) is 3.94. The van der Waals surface area contributed by atoms with Crippen molar-refractivity contribution < 1.29 is 9.18 Å². The molecule has 0 unspecified atom stereocenters. The predicted octanol–water partition coefficient (Wildman–Crippen LogP) is 4.12. The minimum absolute atomic E-state index is 0.0933. The van der Waals surface area contributed by atoms with E-state index in [-0.39, 0.29) is 11.5 Å². The van der Waals surface area contributed by atoms with Crippen LogP contribution in [0.3, 0.4) is 0 Å². The second kappa shape index (κ2) is 5.72. The molecule has 0 N–H and O–H groups in total. The van der Waals surface area contributed by atoms with Gasteiger partial charge in [0.15, 0.2) is 0 Å². The van der Waals surface area contributed by atoms with E-state index in [0.717, 1.165) is 10.4 Å². The first-order valence-electron chi connectivity index (χ1n) is 5.73. The number of halogens is 2. The Balaban J connectivity index is 2.14. The fourth-order valence-corrected chi connectivity index (χ4v) is 2.88. The van der Waals surface area contributed by atoms with Gasteiger partial charge in [-0.2, -0.15) is 0 Å². The van der Waals surface area contributed by atoms with Crippen molar-refractivity contribution in [2.75, 3.05) is 7.05 Å². The molecule has 0 fully saturated rings. The number of hydrogen-bond acceptors (Lipinski definition) is 2. The number of carbonyl (C=O) groups is 1. The van der Waals surface area contributed by atoms with Gasteiger partial charge in [-0.1, -0.05) is 17.7 Å². The molecule has 0 aliphatic rings. The number of aryl methyl sites for hydroxylation is 1. The lowest BCUT2D eigenvalue weighted by Gasteiger charge is -2.16. The highest BCUT2D eigenvalue weighted by Crippen LogP contribution is 2.23. The van der Waals surface area contributed by atoms with Gasteiger partial charge in [0.05, 0.1) is 16.4 Å². The summed E-state index contributed by atoms with van der Waals surface area (Å²) in [4.78, 5) is 14.6. The highest BCUT2D eigenvalue weighted by molar-refractivity contribution is 7.16. The normalized spacial score (nSPS) is 10.5. The second-order valence-electron chi connectivity index (χ2n) is 4.35. The number of thiophene rings is 1. The monoisotopic (exact) mass is 297 g/mol. The Morgan fingerprint density at radius 3 is 2.68 bits per heavy atom. The van der Waals surface area contributed by atoms with Crippen LogP contribution in [0.2, 0.25) is 4.34 Å². The third kappa shape index (κ3) is 3.33. The van der Waals surface area contributed by atoms with Crippen LogP contribution in [0.25, 0.3) is 0 Å². The van der Waals surface area contributed by atoms with Crippen LogP contribution in [-0.2, 0) is 6.54 Å². The molecule has 1 aromatic heterocycles. The Morgan fingerprint density at radius 2 is 2.11 bits per heavy atom. The molecule has 0 radical (unpaired) electrons. The van der Waals surface area contributed by atoms with E-state index in [0.29, 0.717) is 10.9 Å². The molecule has 0 saturated heterocycles. The van der Waals surface area contributed by atoms with Crippen LogP contribution in [0, 0.1) is 12.7 Å². The lowest BCUT2D eigenvalue weighted by molar-refractivity contribution is 0.0782. The van der Waals surface area contributed by atoms with Crippen LogP contribution in [0.5, 0.6) is 0 Å². The minimum atomic E-state index is -0.485. The molecule has 1 aromatic carbocycles. The highest BCUT2D eigenvalue weighted by Gasteiger charge is 2.16. The van der Waals surface area contributed by atoms with Gasteiger partial charge in [-0.25, -0.2) is 4.39 Å². The summed E-state index contributed by atoms with van der Waals surface area (Å²) < 4.78 is 14.4. The summed E-state index contributed by atoms with van der Waals surface area (Å²) in [6.07, 6.45) is 0. The van der Waals surface area contributed by atoms with E-state index < -0.39 is 5.82 Å². The zero-order valence-electron chi connectivity index (χ0n) is 10.6. The number of rotatable bonds is 3. The Kier molecular flexibility index (Phi) is 4.22. The zero-order valence-corrected chi connectivity index (χ0v) is 12.2. The second-order valence-corrected chi connectivity index (χ2v) is 6.15. The number of amides is 1. The van der Waals surface area contributed by atoms with E-state index in [4.69, 9.17) is 11.6 Å². The van der Waals surface area contributed by atoms with Crippen molar-refractivity contribution in [2.24, 2.45) is 0 Å². The van der Waals surface area contributed by atoms with E-state index in [2.05, 4.69) is 0 Å². The first-order chi connectivity index (χ1) is 8.97. The third-order valence-electron chi connectivity index (χ3n) is 2.72. The van der Waals surface area contributed by atoms with Gasteiger partial charge >= 0.3 is 0 Å². The van der Waals surface area contributed by atoms with E-state index in [1.807, 2.05) is 6.07 Å². The van der Waals surface area contributed by atoms with Crippen LogP contribution in [0.1, 0.15) is 20.8 Å². The molecule has 1 heterocycles. The molecule has 0 aliphatic heterocycles. The molecule has 2 rings (SSSR count).